The van der Waals surface area contributed by atoms with E-state index >= 15 is 0 Å². The van der Waals surface area contributed by atoms with Gasteiger partial charge in [-0.05, 0) is 7.05 Å². The lowest BCUT2D eigenvalue weighted by Gasteiger charge is -2.16. The lowest BCUT2D eigenvalue weighted by Crippen LogP contribution is -2.28. The Balaban J connectivity index is 2.47. The Kier molecular flexibility index (Phi) is 5.97. The highest BCUT2D eigenvalue weighted by molar-refractivity contribution is 5.52. The molecule has 19 heavy (non-hydrogen) atoms. The van der Waals surface area contributed by atoms with E-state index in [4.69, 9.17) is 10.5 Å². The van der Waals surface area contributed by atoms with Crippen LogP contribution in [-0.4, -0.2) is 55.2 Å². The van der Waals surface area contributed by atoms with Gasteiger partial charge in [0.1, 0.15) is 11.6 Å². The lowest BCUT2D eigenvalue weighted by atomic mass is 10.3. The van der Waals surface area contributed by atoms with Gasteiger partial charge in [-0.1, -0.05) is 0 Å². The summed E-state index contributed by atoms with van der Waals surface area (Å²) < 4.78 is 4.97. The quantitative estimate of drug-likeness (QED) is 0.524. The Morgan fingerprint density at radius 3 is 2.89 bits per heavy atom. The molecule has 1 aromatic heterocycles. The largest absolute Gasteiger partial charge is 0.383 e. The topological polar surface area (TPSA) is 107 Å². The molecule has 1 aromatic rings. The third-order valence-electron chi connectivity index (χ3n) is 2.52. The number of methoxy groups -OCH3 is 1. The first-order valence-electron chi connectivity index (χ1n) is 5.86. The van der Waals surface area contributed by atoms with Gasteiger partial charge in [0.15, 0.2) is 0 Å². The molecule has 1 rings (SSSR count). The molecule has 0 saturated carbocycles. The van der Waals surface area contributed by atoms with E-state index in [0.29, 0.717) is 19.0 Å². The van der Waals surface area contributed by atoms with Crippen molar-refractivity contribution in [1.82, 2.24) is 9.88 Å². The SMILES string of the molecule is COCCN(C)CCNc1cc([N+](=O)[O-])cc(N)n1. The fourth-order valence-electron chi connectivity index (χ4n) is 1.47. The minimum atomic E-state index is -0.492. The maximum atomic E-state index is 10.7. The van der Waals surface area contributed by atoms with Crippen molar-refractivity contribution >= 4 is 17.3 Å². The molecule has 1 heterocycles. The molecular formula is C11H19N5O3. The third-order valence-corrected chi connectivity index (χ3v) is 2.52. The van der Waals surface area contributed by atoms with Gasteiger partial charge >= 0.3 is 0 Å². The first-order valence-corrected chi connectivity index (χ1v) is 5.86. The van der Waals surface area contributed by atoms with E-state index < -0.39 is 4.92 Å². The summed E-state index contributed by atoms with van der Waals surface area (Å²) in [6.45, 7) is 2.88. The predicted octanol–water partition coefficient (Wildman–Crippen LogP) is 0.562. The number of likely N-dealkylation sites (N-methyl/N-ethyl adjacent to an activating group) is 1. The Morgan fingerprint density at radius 1 is 1.53 bits per heavy atom. The third kappa shape index (κ3) is 5.49. The zero-order valence-corrected chi connectivity index (χ0v) is 11.1. The summed E-state index contributed by atoms with van der Waals surface area (Å²) in [7, 11) is 3.62. The number of rotatable bonds is 8. The fraction of sp³-hybridized carbons (Fsp3) is 0.545. The van der Waals surface area contributed by atoms with Crippen LogP contribution in [0.4, 0.5) is 17.3 Å². The molecule has 0 atom stereocenters. The van der Waals surface area contributed by atoms with Crippen LogP contribution in [0.3, 0.4) is 0 Å². The monoisotopic (exact) mass is 269 g/mol. The van der Waals surface area contributed by atoms with E-state index in [1.165, 1.54) is 12.1 Å². The number of nitrogen functional groups attached to an aromatic ring is 1. The van der Waals surface area contributed by atoms with Crippen LogP contribution in [-0.2, 0) is 4.74 Å². The number of nitrogens with zero attached hydrogens (tertiary/aromatic N) is 3. The van der Waals surface area contributed by atoms with E-state index in [1.54, 1.807) is 7.11 Å². The summed E-state index contributed by atoms with van der Waals surface area (Å²) in [5, 5.41) is 13.7. The first-order chi connectivity index (χ1) is 9.02. The molecule has 8 heteroatoms. The molecule has 3 N–H and O–H groups in total. The summed E-state index contributed by atoms with van der Waals surface area (Å²) in [4.78, 5) is 16.3. The van der Waals surface area contributed by atoms with Gasteiger partial charge in [0.2, 0.25) is 0 Å². The molecule has 0 saturated heterocycles. The lowest BCUT2D eigenvalue weighted by molar-refractivity contribution is -0.384. The molecule has 106 valence electrons. The van der Waals surface area contributed by atoms with Crippen LogP contribution in [0.5, 0.6) is 0 Å². The molecule has 0 bridgehead atoms. The summed E-state index contributed by atoms with van der Waals surface area (Å²) >= 11 is 0. The minimum absolute atomic E-state index is 0.0669. The number of ether oxygens (including phenoxy) is 1. The number of nitrogens with two attached hydrogens (primary N) is 1. The van der Waals surface area contributed by atoms with Crippen LogP contribution >= 0.6 is 0 Å². The van der Waals surface area contributed by atoms with Crippen LogP contribution in [0.25, 0.3) is 0 Å². The van der Waals surface area contributed by atoms with Crippen molar-refractivity contribution in [3.8, 4) is 0 Å². The van der Waals surface area contributed by atoms with Crippen molar-refractivity contribution in [2.75, 3.05) is 51.4 Å². The van der Waals surface area contributed by atoms with Gasteiger partial charge in [0, 0.05) is 26.7 Å². The van der Waals surface area contributed by atoms with Crippen LogP contribution in [0.2, 0.25) is 0 Å². The molecule has 0 unspecified atom stereocenters. The summed E-state index contributed by atoms with van der Waals surface area (Å²) in [6.07, 6.45) is 0. The Bertz CT molecular complexity index is 427. The summed E-state index contributed by atoms with van der Waals surface area (Å²) in [5.74, 6) is 0.538. The van der Waals surface area contributed by atoms with Crippen molar-refractivity contribution in [3.05, 3.63) is 22.2 Å². The van der Waals surface area contributed by atoms with E-state index in [0.717, 1.165) is 13.1 Å². The second kappa shape index (κ2) is 7.49. The predicted molar refractivity (Wildman–Crippen MR) is 73.2 cm³/mol. The minimum Gasteiger partial charge on any atom is -0.383 e. The molecule has 0 aliphatic carbocycles. The van der Waals surface area contributed by atoms with Gasteiger partial charge in [-0.25, -0.2) is 4.98 Å². The molecule has 0 aromatic carbocycles. The van der Waals surface area contributed by atoms with Gasteiger partial charge in [-0.3, -0.25) is 10.1 Å². The summed E-state index contributed by atoms with van der Waals surface area (Å²) in [5.41, 5.74) is 5.45. The van der Waals surface area contributed by atoms with Crippen molar-refractivity contribution in [2.45, 2.75) is 0 Å². The number of hydrogen-bond donors (Lipinski definition) is 2. The summed E-state index contributed by atoms with van der Waals surface area (Å²) in [6, 6.07) is 2.60. The van der Waals surface area contributed by atoms with Crippen LogP contribution in [0, 0.1) is 10.1 Å². The number of anilines is 2. The van der Waals surface area contributed by atoms with Crippen LogP contribution < -0.4 is 11.1 Å². The van der Waals surface area contributed by atoms with Gasteiger partial charge < -0.3 is 20.7 Å². The fourth-order valence-corrected chi connectivity index (χ4v) is 1.47. The molecule has 0 amide bonds. The van der Waals surface area contributed by atoms with Gasteiger partial charge in [0.25, 0.3) is 5.69 Å². The van der Waals surface area contributed by atoms with Crippen molar-refractivity contribution < 1.29 is 9.66 Å². The van der Waals surface area contributed by atoms with E-state index in [9.17, 15) is 10.1 Å². The number of pyridine rings is 1. The highest BCUT2D eigenvalue weighted by Crippen LogP contribution is 2.18. The number of nitrogens with one attached hydrogen (secondary N) is 1. The van der Waals surface area contributed by atoms with Crippen molar-refractivity contribution in [3.63, 3.8) is 0 Å². The average molecular weight is 269 g/mol. The van der Waals surface area contributed by atoms with E-state index in [2.05, 4.69) is 15.2 Å². The van der Waals surface area contributed by atoms with Crippen molar-refractivity contribution in [1.29, 1.82) is 0 Å². The van der Waals surface area contributed by atoms with Gasteiger partial charge in [-0.2, -0.15) is 0 Å². The molecule has 8 nitrogen and oxygen atoms in total. The molecule has 0 spiro atoms. The normalized spacial score (nSPS) is 10.7. The molecule has 0 aliphatic rings. The molecular weight excluding hydrogens is 250 g/mol. The smallest absolute Gasteiger partial charge is 0.276 e. The zero-order valence-electron chi connectivity index (χ0n) is 11.1. The van der Waals surface area contributed by atoms with E-state index in [1.807, 2.05) is 7.05 Å². The highest BCUT2D eigenvalue weighted by Gasteiger charge is 2.09. The number of hydrogen-bond acceptors (Lipinski definition) is 7. The Labute approximate surface area is 111 Å². The zero-order chi connectivity index (χ0) is 14.3. The molecule has 0 radical (unpaired) electrons. The number of nitro groups is 1. The molecule has 0 aliphatic heterocycles. The second-order valence-corrected chi connectivity index (χ2v) is 4.12. The van der Waals surface area contributed by atoms with Crippen LogP contribution in [0.1, 0.15) is 0 Å². The van der Waals surface area contributed by atoms with E-state index in [-0.39, 0.29) is 11.5 Å². The second-order valence-electron chi connectivity index (χ2n) is 4.12. The standard InChI is InChI=1S/C11H19N5O3/c1-15(5-6-19-2)4-3-13-11-8-9(16(17)18)7-10(12)14-11/h7-8H,3-6H2,1-2H3,(H3,12,13,14). The molecule has 0 fully saturated rings. The maximum Gasteiger partial charge on any atom is 0.276 e. The highest BCUT2D eigenvalue weighted by atomic mass is 16.6. The Morgan fingerprint density at radius 2 is 2.26 bits per heavy atom. The maximum absolute atomic E-state index is 10.7. The van der Waals surface area contributed by atoms with Gasteiger partial charge in [-0.15, -0.1) is 0 Å². The van der Waals surface area contributed by atoms with Gasteiger partial charge in [0.05, 0.1) is 23.7 Å². The van der Waals surface area contributed by atoms with Crippen molar-refractivity contribution in [2.24, 2.45) is 0 Å². The van der Waals surface area contributed by atoms with Crippen LogP contribution in [0.15, 0.2) is 12.1 Å². The first kappa shape index (κ1) is 15.1. The average Bonchev–Trinajstić information content (AvgIpc) is 2.35. The Hall–Kier alpha value is -1.93. The number of aromatic nitrogens is 1.